The van der Waals surface area contributed by atoms with E-state index in [1.165, 1.54) is 29.5 Å². The molecule has 1 amide bonds. The monoisotopic (exact) mass is 611 g/mol. The number of unbranched alkanes of at least 4 members (excludes halogenated alkanes) is 2. The highest BCUT2D eigenvalue weighted by Gasteiger charge is 2.24. The summed E-state index contributed by atoms with van der Waals surface area (Å²) in [7, 11) is -3.59. The minimum absolute atomic E-state index is 0. The van der Waals surface area contributed by atoms with E-state index in [9.17, 15) is 17.6 Å². The van der Waals surface area contributed by atoms with Crippen molar-refractivity contribution in [2.24, 2.45) is 0 Å². The summed E-state index contributed by atoms with van der Waals surface area (Å²) >= 11 is 1.51. The zero-order valence-electron chi connectivity index (χ0n) is 23.1. The summed E-state index contributed by atoms with van der Waals surface area (Å²) in [5, 5.41) is 3.78. The molecule has 2 aromatic carbocycles. The van der Waals surface area contributed by atoms with Gasteiger partial charge in [-0.25, -0.2) is 17.8 Å². The van der Waals surface area contributed by atoms with Gasteiger partial charge in [-0.2, -0.15) is 4.31 Å². The quantitative estimate of drug-likeness (QED) is 0.293. The summed E-state index contributed by atoms with van der Waals surface area (Å²) in [5.74, 6) is -0.510. The highest BCUT2D eigenvalue weighted by atomic mass is 35.5. The second-order valence-electron chi connectivity index (χ2n) is 9.80. The first-order valence-corrected chi connectivity index (χ1v) is 16.0. The van der Waals surface area contributed by atoms with Crippen LogP contribution in [0.1, 0.15) is 49.9 Å². The summed E-state index contributed by atoms with van der Waals surface area (Å²) in [6.45, 7) is 9.55. The predicted molar refractivity (Wildman–Crippen MR) is 163 cm³/mol. The molecule has 12 heteroatoms. The van der Waals surface area contributed by atoms with Crippen LogP contribution in [0.4, 0.5) is 9.52 Å². The van der Waals surface area contributed by atoms with E-state index in [4.69, 9.17) is 0 Å². The van der Waals surface area contributed by atoms with Crippen LogP contribution in [0.25, 0.3) is 10.2 Å². The zero-order chi connectivity index (χ0) is 27.8. The molecule has 2 heterocycles. The number of amides is 1. The number of aromatic nitrogens is 1. The Morgan fingerprint density at radius 3 is 2.27 bits per heavy atom. The van der Waals surface area contributed by atoms with Crippen LogP contribution >= 0.6 is 23.7 Å². The fourth-order valence-electron chi connectivity index (χ4n) is 4.58. The largest absolute Gasteiger partial charge is 0.351 e. The molecular formula is C28H39ClFN5O3S2. The Morgan fingerprint density at radius 2 is 1.68 bits per heavy atom. The van der Waals surface area contributed by atoms with E-state index in [0.29, 0.717) is 37.3 Å². The maximum absolute atomic E-state index is 14.0. The molecule has 1 aliphatic rings. The van der Waals surface area contributed by atoms with Crippen molar-refractivity contribution >= 4 is 55.0 Å². The number of thiazole rings is 1. The van der Waals surface area contributed by atoms with Crippen molar-refractivity contribution in [1.29, 1.82) is 0 Å². The first-order valence-electron chi connectivity index (χ1n) is 13.7. The third-order valence-electron chi connectivity index (χ3n) is 6.99. The van der Waals surface area contributed by atoms with Gasteiger partial charge in [0.1, 0.15) is 11.3 Å². The number of nitrogens with one attached hydrogen (secondary N) is 1. The number of sulfonamides is 1. The van der Waals surface area contributed by atoms with E-state index >= 15 is 0 Å². The lowest BCUT2D eigenvalue weighted by Gasteiger charge is -2.34. The number of hydrogen-bond donors (Lipinski definition) is 1. The van der Waals surface area contributed by atoms with Crippen molar-refractivity contribution in [1.82, 2.24) is 19.5 Å². The van der Waals surface area contributed by atoms with Crippen molar-refractivity contribution in [3.8, 4) is 0 Å². The van der Waals surface area contributed by atoms with Gasteiger partial charge in [-0.1, -0.05) is 44.1 Å². The molecule has 1 N–H and O–H groups in total. The van der Waals surface area contributed by atoms with E-state index in [2.05, 4.69) is 20.1 Å². The molecule has 220 valence electrons. The summed E-state index contributed by atoms with van der Waals surface area (Å²) < 4.78 is 42.7. The molecule has 1 aromatic heterocycles. The number of benzene rings is 2. The van der Waals surface area contributed by atoms with Gasteiger partial charge in [0.15, 0.2) is 5.13 Å². The van der Waals surface area contributed by atoms with Crippen molar-refractivity contribution in [2.75, 3.05) is 57.3 Å². The third kappa shape index (κ3) is 7.91. The summed E-state index contributed by atoms with van der Waals surface area (Å²) in [6, 6.07) is 11.3. The van der Waals surface area contributed by atoms with E-state index in [0.717, 1.165) is 61.7 Å². The van der Waals surface area contributed by atoms with Gasteiger partial charge in [0.2, 0.25) is 10.0 Å². The van der Waals surface area contributed by atoms with E-state index in [-0.39, 0.29) is 29.0 Å². The molecule has 0 radical (unpaired) electrons. The van der Waals surface area contributed by atoms with E-state index in [1.54, 1.807) is 22.5 Å². The molecule has 1 saturated heterocycles. The Bertz CT molecular complexity index is 1340. The Hall–Kier alpha value is -2.31. The fraction of sp³-hybridized carbons (Fsp3) is 0.500. The molecule has 0 unspecified atom stereocenters. The number of halogens is 2. The molecule has 3 aromatic rings. The highest BCUT2D eigenvalue weighted by molar-refractivity contribution is 7.89. The van der Waals surface area contributed by atoms with Gasteiger partial charge in [-0.3, -0.25) is 9.69 Å². The van der Waals surface area contributed by atoms with Crippen LogP contribution in [-0.4, -0.2) is 80.9 Å². The Kier molecular flexibility index (Phi) is 12.1. The molecule has 40 heavy (non-hydrogen) atoms. The van der Waals surface area contributed by atoms with Crippen LogP contribution in [0.2, 0.25) is 0 Å². The number of anilines is 1. The van der Waals surface area contributed by atoms with Gasteiger partial charge < -0.3 is 10.2 Å². The third-order valence-corrected chi connectivity index (χ3v) is 9.99. The second-order valence-corrected chi connectivity index (χ2v) is 12.8. The van der Waals surface area contributed by atoms with Gasteiger partial charge in [0.05, 0.1) is 9.60 Å². The maximum Gasteiger partial charge on any atom is 0.251 e. The number of carbonyl (C=O) groups excluding carboxylic acids is 1. The van der Waals surface area contributed by atoms with Gasteiger partial charge in [0, 0.05) is 57.9 Å². The SMILES string of the molecule is CCCCN(CCCC)S(=O)(=O)c1ccc(C(=O)NCCN2CCN(c3nc4c(F)cccc4s3)CC2)cc1.Cl. The van der Waals surface area contributed by atoms with Crippen LogP contribution in [0.3, 0.4) is 0 Å². The highest BCUT2D eigenvalue weighted by Crippen LogP contribution is 2.30. The van der Waals surface area contributed by atoms with Crippen LogP contribution in [0.15, 0.2) is 47.4 Å². The molecule has 4 rings (SSSR count). The number of piperazine rings is 1. The molecule has 8 nitrogen and oxygen atoms in total. The maximum atomic E-state index is 14.0. The first kappa shape index (κ1) is 32.2. The van der Waals surface area contributed by atoms with Gasteiger partial charge in [-0.15, -0.1) is 12.4 Å². The fourth-order valence-corrected chi connectivity index (χ4v) is 7.13. The minimum Gasteiger partial charge on any atom is -0.351 e. The summed E-state index contributed by atoms with van der Waals surface area (Å²) in [6.07, 6.45) is 3.50. The first-order chi connectivity index (χ1) is 18.8. The van der Waals surface area contributed by atoms with Crippen molar-refractivity contribution in [2.45, 2.75) is 44.4 Å². The van der Waals surface area contributed by atoms with E-state index < -0.39 is 10.0 Å². The van der Waals surface area contributed by atoms with Crippen LogP contribution < -0.4 is 10.2 Å². The second kappa shape index (κ2) is 15.1. The Morgan fingerprint density at radius 1 is 1.02 bits per heavy atom. The predicted octanol–water partition coefficient (Wildman–Crippen LogP) is 5.00. The van der Waals surface area contributed by atoms with Crippen molar-refractivity contribution in [3.05, 3.63) is 53.8 Å². The van der Waals surface area contributed by atoms with Crippen molar-refractivity contribution < 1.29 is 17.6 Å². The molecule has 0 atom stereocenters. The smallest absolute Gasteiger partial charge is 0.251 e. The topological polar surface area (TPSA) is 85.8 Å². The lowest BCUT2D eigenvalue weighted by atomic mass is 10.2. The van der Waals surface area contributed by atoms with Crippen LogP contribution in [-0.2, 0) is 10.0 Å². The van der Waals surface area contributed by atoms with Crippen LogP contribution in [0.5, 0.6) is 0 Å². The van der Waals surface area contributed by atoms with Crippen molar-refractivity contribution in [3.63, 3.8) is 0 Å². The number of fused-ring (bicyclic) bond motifs is 1. The Balaban J connectivity index is 0.00000441. The molecule has 1 aliphatic heterocycles. The molecular weight excluding hydrogens is 573 g/mol. The van der Waals surface area contributed by atoms with Gasteiger partial charge >= 0.3 is 0 Å². The summed E-state index contributed by atoms with van der Waals surface area (Å²) in [4.78, 5) is 21.9. The number of carbonyl (C=O) groups is 1. The van der Waals surface area contributed by atoms with E-state index in [1.807, 2.05) is 19.9 Å². The zero-order valence-corrected chi connectivity index (χ0v) is 25.6. The summed E-state index contributed by atoms with van der Waals surface area (Å²) in [5.41, 5.74) is 0.870. The minimum atomic E-state index is -3.59. The molecule has 0 aliphatic carbocycles. The number of para-hydroxylation sites is 1. The lowest BCUT2D eigenvalue weighted by molar-refractivity contribution is 0.0947. The van der Waals surface area contributed by atoms with Gasteiger partial charge in [-0.05, 0) is 49.2 Å². The molecule has 0 bridgehead atoms. The van der Waals surface area contributed by atoms with Gasteiger partial charge in [0.25, 0.3) is 5.91 Å². The Labute approximate surface area is 247 Å². The normalized spacial score (nSPS) is 14.4. The van der Waals surface area contributed by atoms with Crippen LogP contribution in [0, 0.1) is 5.82 Å². The number of rotatable bonds is 13. The molecule has 1 fully saturated rings. The lowest BCUT2D eigenvalue weighted by Crippen LogP contribution is -2.48. The number of nitrogens with zero attached hydrogens (tertiary/aromatic N) is 4. The molecule has 0 spiro atoms. The molecule has 0 saturated carbocycles. The standard InChI is InChI=1S/C28H38FN5O3S2.ClH/c1-3-5-15-34(16-6-4-2)39(36,37)23-12-10-22(11-13-23)27(35)30-14-17-32-18-20-33(21-19-32)28-31-26-24(29)8-7-9-25(26)38-28;/h7-13H,3-6,14-21H2,1-2H3,(H,30,35);1H. The number of hydrogen-bond acceptors (Lipinski definition) is 7. The average molecular weight is 612 g/mol. The average Bonchev–Trinajstić information content (AvgIpc) is 3.39.